The Morgan fingerprint density at radius 1 is 1.19 bits per heavy atom. The molecule has 0 bridgehead atoms. The minimum atomic E-state index is -4.10. The molecule has 0 amide bonds. The van der Waals surface area contributed by atoms with Crippen LogP contribution in [0.4, 0.5) is 4.39 Å². The maximum atomic E-state index is 14.0. The van der Waals surface area contributed by atoms with Crippen LogP contribution in [-0.2, 0) is 19.1 Å². The molecule has 118 valence electrons. The molecular formula is C12H15ClFNO4S2. The molecule has 0 atom stereocenters. The Labute approximate surface area is 128 Å². The highest BCUT2D eigenvalue weighted by Gasteiger charge is 2.32. The average Bonchev–Trinajstić information content (AvgIpc) is 2.89. The first-order chi connectivity index (χ1) is 9.64. The summed E-state index contributed by atoms with van der Waals surface area (Å²) in [7, 11) is -1.57. The van der Waals surface area contributed by atoms with Crippen molar-refractivity contribution in [3.05, 3.63) is 24.0 Å². The highest BCUT2D eigenvalue weighted by Crippen LogP contribution is 2.29. The predicted octanol–water partition coefficient (Wildman–Crippen LogP) is 2.32. The Kier molecular flexibility index (Phi) is 4.63. The number of sulfonamides is 1. The Bertz CT molecular complexity index is 743. The van der Waals surface area contributed by atoms with Crippen molar-refractivity contribution in [3.63, 3.8) is 0 Å². The maximum absolute atomic E-state index is 14.0. The highest BCUT2D eigenvalue weighted by atomic mass is 35.7. The van der Waals surface area contributed by atoms with E-state index in [1.54, 1.807) is 0 Å². The first-order valence-electron chi connectivity index (χ1n) is 6.36. The molecule has 0 saturated heterocycles. The van der Waals surface area contributed by atoms with Crippen molar-refractivity contribution >= 4 is 29.8 Å². The molecule has 1 aliphatic rings. The van der Waals surface area contributed by atoms with Gasteiger partial charge < -0.3 is 0 Å². The molecule has 1 aliphatic carbocycles. The van der Waals surface area contributed by atoms with Crippen molar-refractivity contribution in [2.75, 3.05) is 7.05 Å². The van der Waals surface area contributed by atoms with E-state index in [1.807, 2.05) is 0 Å². The number of halogens is 2. The number of hydrogen-bond acceptors (Lipinski definition) is 4. The molecule has 1 aromatic rings. The average molecular weight is 356 g/mol. The van der Waals surface area contributed by atoms with Crippen LogP contribution in [0.15, 0.2) is 28.0 Å². The number of rotatable bonds is 4. The predicted molar refractivity (Wildman–Crippen MR) is 76.6 cm³/mol. The monoisotopic (exact) mass is 355 g/mol. The van der Waals surface area contributed by atoms with Crippen LogP contribution in [-0.4, -0.2) is 34.2 Å². The summed E-state index contributed by atoms with van der Waals surface area (Å²) in [6.45, 7) is 0. The van der Waals surface area contributed by atoms with E-state index < -0.39 is 34.7 Å². The molecule has 1 fully saturated rings. The van der Waals surface area contributed by atoms with Crippen molar-refractivity contribution in [1.82, 2.24) is 4.31 Å². The van der Waals surface area contributed by atoms with E-state index in [0.717, 1.165) is 42.1 Å². The van der Waals surface area contributed by atoms with E-state index in [0.29, 0.717) is 6.07 Å². The summed E-state index contributed by atoms with van der Waals surface area (Å²) in [5.41, 5.74) is 0. The lowest BCUT2D eigenvalue weighted by atomic mass is 10.3. The van der Waals surface area contributed by atoms with E-state index in [2.05, 4.69) is 0 Å². The Morgan fingerprint density at radius 2 is 1.76 bits per heavy atom. The number of nitrogens with zero attached hydrogens (tertiary/aromatic N) is 1. The van der Waals surface area contributed by atoms with Crippen LogP contribution in [0.25, 0.3) is 0 Å². The van der Waals surface area contributed by atoms with Crippen LogP contribution in [0.5, 0.6) is 0 Å². The van der Waals surface area contributed by atoms with Gasteiger partial charge in [0.1, 0.15) is 10.7 Å². The zero-order valence-electron chi connectivity index (χ0n) is 11.3. The molecule has 0 aliphatic heterocycles. The van der Waals surface area contributed by atoms with Gasteiger partial charge in [-0.3, -0.25) is 0 Å². The van der Waals surface area contributed by atoms with E-state index in [-0.39, 0.29) is 6.04 Å². The Balaban J connectivity index is 2.41. The van der Waals surface area contributed by atoms with E-state index in [1.165, 1.54) is 7.05 Å². The second-order valence-corrected chi connectivity index (χ2v) is 9.52. The van der Waals surface area contributed by atoms with Crippen molar-refractivity contribution in [2.24, 2.45) is 0 Å². The molecule has 0 N–H and O–H groups in total. The third-order valence-electron chi connectivity index (χ3n) is 3.68. The lowest BCUT2D eigenvalue weighted by Gasteiger charge is -2.23. The first-order valence-corrected chi connectivity index (χ1v) is 10.1. The van der Waals surface area contributed by atoms with Gasteiger partial charge in [0, 0.05) is 23.8 Å². The molecule has 1 aromatic carbocycles. The van der Waals surface area contributed by atoms with Crippen LogP contribution in [0.1, 0.15) is 25.7 Å². The zero-order chi connectivity index (χ0) is 15.8. The van der Waals surface area contributed by atoms with E-state index >= 15 is 0 Å². The summed E-state index contributed by atoms with van der Waals surface area (Å²) in [6, 6.07) is 2.40. The van der Waals surface area contributed by atoms with E-state index in [4.69, 9.17) is 10.7 Å². The van der Waals surface area contributed by atoms with Gasteiger partial charge in [0.2, 0.25) is 10.0 Å². The van der Waals surface area contributed by atoms with Crippen LogP contribution in [0, 0.1) is 5.82 Å². The Morgan fingerprint density at radius 3 is 2.24 bits per heavy atom. The van der Waals surface area contributed by atoms with Crippen LogP contribution in [0.3, 0.4) is 0 Å². The van der Waals surface area contributed by atoms with Crippen molar-refractivity contribution in [2.45, 2.75) is 41.5 Å². The third-order valence-corrected chi connectivity index (χ3v) is 6.98. The van der Waals surface area contributed by atoms with Crippen LogP contribution >= 0.6 is 10.7 Å². The lowest BCUT2D eigenvalue weighted by molar-refractivity contribution is 0.370. The molecule has 5 nitrogen and oxygen atoms in total. The quantitative estimate of drug-likeness (QED) is 0.777. The summed E-state index contributed by atoms with van der Waals surface area (Å²) < 4.78 is 62.2. The van der Waals surface area contributed by atoms with Gasteiger partial charge in [-0.1, -0.05) is 12.8 Å². The van der Waals surface area contributed by atoms with Gasteiger partial charge in [-0.05, 0) is 31.0 Å². The largest absolute Gasteiger partial charge is 0.261 e. The van der Waals surface area contributed by atoms with Gasteiger partial charge >= 0.3 is 0 Å². The number of hydrogen-bond donors (Lipinski definition) is 0. The SMILES string of the molecule is CN(C1CCCC1)S(=O)(=O)c1ccc(S(=O)(=O)Cl)cc1F. The summed E-state index contributed by atoms with van der Waals surface area (Å²) in [6.07, 6.45) is 3.36. The second kappa shape index (κ2) is 5.83. The number of benzene rings is 1. The summed E-state index contributed by atoms with van der Waals surface area (Å²) >= 11 is 0. The molecule has 9 heteroatoms. The fourth-order valence-electron chi connectivity index (χ4n) is 2.46. The molecule has 1 saturated carbocycles. The fraction of sp³-hybridized carbons (Fsp3) is 0.500. The maximum Gasteiger partial charge on any atom is 0.261 e. The van der Waals surface area contributed by atoms with E-state index in [9.17, 15) is 21.2 Å². The van der Waals surface area contributed by atoms with Gasteiger partial charge in [0.05, 0.1) is 4.90 Å². The Hall–Kier alpha value is -0.700. The molecule has 0 heterocycles. The molecule has 0 unspecified atom stereocenters. The third kappa shape index (κ3) is 3.39. The smallest absolute Gasteiger partial charge is 0.207 e. The molecule has 0 spiro atoms. The van der Waals surface area contributed by atoms with Crippen molar-refractivity contribution in [3.8, 4) is 0 Å². The van der Waals surface area contributed by atoms with Crippen LogP contribution < -0.4 is 0 Å². The van der Waals surface area contributed by atoms with Gasteiger partial charge in [0.15, 0.2) is 0 Å². The second-order valence-electron chi connectivity index (χ2n) is 4.99. The first kappa shape index (κ1) is 16.7. The molecule has 0 radical (unpaired) electrons. The summed E-state index contributed by atoms with van der Waals surface area (Å²) in [5, 5.41) is 0. The van der Waals surface area contributed by atoms with Gasteiger partial charge in [-0.25, -0.2) is 21.2 Å². The fourth-order valence-corrected chi connectivity index (χ4v) is 4.68. The van der Waals surface area contributed by atoms with Gasteiger partial charge in [-0.15, -0.1) is 0 Å². The van der Waals surface area contributed by atoms with Crippen LogP contribution in [0.2, 0.25) is 0 Å². The standard InChI is InChI=1S/C12H15ClFNO4S2/c1-15(9-4-2-3-5-9)21(18,19)12-7-6-10(8-11(12)14)20(13,16)17/h6-9H,2-5H2,1H3. The highest BCUT2D eigenvalue weighted by molar-refractivity contribution is 8.13. The van der Waals surface area contributed by atoms with Crippen molar-refractivity contribution < 1.29 is 21.2 Å². The molecule has 21 heavy (non-hydrogen) atoms. The molecule has 2 rings (SSSR count). The molecular weight excluding hydrogens is 341 g/mol. The van der Waals surface area contributed by atoms with Crippen molar-refractivity contribution in [1.29, 1.82) is 0 Å². The normalized spacial score (nSPS) is 17.5. The minimum Gasteiger partial charge on any atom is -0.207 e. The topological polar surface area (TPSA) is 71.5 Å². The zero-order valence-corrected chi connectivity index (χ0v) is 13.7. The summed E-state index contributed by atoms with van der Waals surface area (Å²) in [4.78, 5) is -1.01. The summed E-state index contributed by atoms with van der Waals surface area (Å²) in [5.74, 6) is -1.12. The molecule has 0 aromatic heterocycles. The minimum absolute atomic E-state index is 0.147. The van der Waals surface area contributed by atoms with Gasteiger partial charge in [0.25, 0.3) is 9.05 Å². The lowest BCUT2D eigenvalue weighted by Crippen LogP contribution is -2.35. The van der Waals surface area contributed by atoms with Gasteiger partial charge in [-0.2, -0.15) is 4.31 Å².